The second kappa shape index (κ2) is 6.93. The van der Waals surface area contributed by atoms with Gasteiger partial charge < -0.3 is 9.80 Å². The summed E-state index contributed by atoms with van der Waals surface area (Å²) in [5.74, 6) is 0.202. The lowest BCUT2D eigenvalue weighted by Gasteiger charge is -2.42. The van der Waals surface area contributed by atoms with Gasteiger partial charge in [0.05, 0.1) is 11.7 Å². The maximum absolute atomic E-state index is 12.9. The van der Waals surface area contributed by atoms with Crippen LogP contribution in [0.1, 0.15) is 40.0 Å². The maximum atomic E-state index is 12.9. The Bertz CT molecular complexity index is 821. The Balaban J connectivity index is 1.40. The van der Waals surface area contributed by atoms with Crippen molar-refractivity contribution < 1.29 is 4.79 Å². The molecule has 0 aliphatic carbocycles. The van der Waals surface area contributed by atoms with E-state index in [0.717, 1.165) is 43.5 Å². The van der Waals surface area contributed by atoms with Crippen molar-refractivity contribution in [3.05, 3.63) is 30.5 Å². The quantitative estimate of drug-likeness (QED) is 0.834. The van der Waals surface area contributed by atoms with Crippen LogP contribution in [0.4, 0.5) is 0 Å². The minimum atomic E-state index is 0.202. The van der Waals surface area contributed by atoms with E-state index in [2.05, 4.69) is 35.7 Å². The molecule has 1 aromatic carbocycles. The van der Waals surface area contributed by atoms with Gasteiger partial charge in [0.25, 0.3) is 0 Å². The third kappa shape index (κ3) is 4.03. The number of likely N-dealkylation sites (tertiary alicyclic amines) is 2. The number of benzene rings is 1. The molecule has 0 N–H and O–H groups in total. The van der Waals surface area contributed by atoms with Crippen LogP contribution in [0.15, 0.2) is 30.5 Å². The van der Waals surface area contributed by atoms with Crippen LogP contribution in [0.25, 0.3) is 10.9 Å². The van der Waals surface area contributed by atoms with E-state index in [1.807, 2.05) is 35.1 Å². The van der Waals surface area contributed by atoms with Crippen LogP contribution in [0.5, 0.6) is 0 Å². The van der Waals surface area contributed by atoms with Gasteiger partial charge in [0.1, 0.15) is 6.54 Å². The Kier molecular flexibility index (Phi) is 4.75. The van der Waals surface area contributed by atoms with Crippen LogP contribution >= 0.6 is 0 Å². The predicted molar refractivity (Wildman–Crippen MR) is 108 cm³/mol. The van der Waals surface area contributed by atoms with Gasteiger partial charge in [-0.15, -0.1) is 0 Å². The Labute approximate surface area is 162 Å². The highest BCUT2D eigenvalue weighted by atomic mass is 16.2. The number of rotatable bonds is 3. The molecule has 2 aliphatic rings. The monoisotopic (exact) mass is 368 g/mol. The van der Waals surface area contributed by atoms with E-state index in [4.69, 9.17) is 0 Å². The van der Waals surface area contributed by atoms with E-state index in [9.17, 15) is 4.79 Å². The second-order valence-corrected chi connectivity index (χ2v) is 9.80. The summed E-state index contributed by atoms with van der Waals surface area (Å²) >= 11 is 0. The molecule has 0 radical (unpaired) electrons. The molecular formula is C22H32N4O. The summed E-state index contributed by atoms with van der Waals surface area (Å²) < 4.78 is 1.84. The molecule has 1 aromatic heterocycles. The fraction of sp³-hybridized carbons (Fsp3) is 0.636. The Morgan fingerprint density at radius 2 is 1.96 bits per heavy atom. The standard InChI is InChI=1S/C22H32N4O/c1-21(2,3)15-24-11-6-9-22(16-24)10-12-25(17-22)20(27)14-26-19-8-5-4-7-18(19)13-23-26/h4-5,7-8,13H,6,9-12,14-17H2,1-3H3. The molecule has 2 aliphatic heterocycles. The summed E-state index contributed by atoms with van der Waals surface area (Å²) in [5, 5.41) is 5.52. The topological polar surface area (TPSA) is 41.4 Å². The fourth-order valence-corrected chi connectivity index (χ4v) is 4.98. The van der Waals surface area contributed by atoms with Crippen molar-refractivity contribution in [2.75, 3.05) is 32.7 Å². The molecule has 27 heavy (non-hydrogen) atoms. The zero-order valence-electron chi connectivity index (χ0n) is 16.9. The molecule has 2 fully saturated rings. The molecular weight excluding hydrogens is 336 g/mol. The van der Waals surface area contributed by atoms with Gasteiger partial charge in [-0.25, -0.2) is 0 Å². The average molecular weight is 369 g/mol. The number of carbonyl (C=O) groups is 1. The number of para-hydroxylation sites is 1. The zero-order chi connectivity index (χ0) is 19.1. The SMILES string of the molecule is CC(C)(C)CN1CCCC2(CCN(C(=O)Cn3ncc4ccccc43)C2)C1. The summed E-state index contributed by atoms with van der Waals surface area (Å²) in [7, 11) is 0. The Hall–Kier alpha value is -1.88. The van der Waals surface area contributed by atoms with Crippen LogP contribution in [-0.2, 0) is 11.3 Å². The highest BCUT2D eigenvalue weighted by molar-refractivity contribution is 5.82. The van der Waals surface area contributed by atoms with E-state index in [1.54, 1.807) is 0 Å². The number of carbonyl (C=O) groups excluding carboxylic acids is 1. The molecule has 4 rings (SSSR count). The minimum Gasteiger partial charge on any atom is -0.340 e. The van der Waals surface area contributed by atoms with E-state index in [-0.39, 0.29) is 5.91 Å². The number of amides is 1. The normalized spacial score (nSPS) is 24.2. The molecule has 3 heterocycles. The lowest BCUT2D eigenvalue weighted by atomic mass is 9.78. The van der Waals surface area contributed by atoms with Crippen molar-refractivity contribution in [2.45, 2.75) is 46.6 Å². The van der Waals surface area contributed by atoms with Crippen molar-refractivity contribution in [3.63, 3.8) is 0 Å². The smallest absolute Gasteiger partial charge is 0.244 e. The fourth-order valence-electron chi connectivity index (χ4n) is 4.98. The molecule has 5 nitrogen and oxygen atoms in total. The molecule has 2 saturated heterocycles. The van der Waals surface area contributed by atoms with Crippen LogP contribution in [0, 0.1) is 10.8 Å². The van der Waals surface area contributed by atoms with Crippen molar-refractivity contribution in [3.8, 4) is 0 Å². The first-order valence-corrected chi connectivity index (χ1v) is 10.2. The zero-order valence-corrected chi connectivity index (χ0v) is 16.9. The van der Waals surface area contributed by atoms with E-state index < -0.39 is 0 Å². The summed E-state index contributed by atoms with van der Waals surface area (Å²) in [6.07, 6.45) is 5.49. The van der Waals surface area contributed by atoms with Gasteiger partial charge >= 0.3 is 0 Å². The van der Waals surface area contributed by atoms with Gasteiger partial charge in [-0.2, -0.15) is 5.10 Å². The predicted octanol–water partition coefficient (Wildman–Crippen LogP) is 3.40. The van der Waals surface area contributed by atoms with Gasteiger partial charge in [-0.05, 0) is 37.3 Å². The number of fused-ring (bicyclic) bond motifs is 1. The van der Waals surface area contributed by atoms with Crippen LogP contribution in [0.3, 0.4) is 0 Å². The number of hydrogen-bond acceptors (Lipinski definition) is 3. The van der Waals surface area contributed by atoms with E-state index in [1.165, 1.54) is 19.4 Å². The molecule has 146 valence electrons. The molecule has 5 heteroatoms. The third-order valence-electron chi connectivity index (χ3n) is 6.07. The summed E-state index contributed by atoms with van der Waals surface area (Å²) in [6, 6.07) is 8.08. The van der Waals surface area contributed by atoms with Crippen molar-refractivity contribution in [1.29, 1.82) is 0 Å². The number of nitrogens with zero attached hydrogens (tertiary/aromatic N) is 4. The first-order chi connectivity index (χ1) is 12.8. The molecule has 0 bridgehead atoms. The molecule has 1 spiro atoms. The molecule has 0 saturated carbocycles. The van der Waals surface area contributed by atoms with Gasteiger partial charge in [0.2, 0.25) is 5.91 Å². The highest BCUT2D eigenvalue weighted by Crippen LogP contribution is 2.39. The molecule has 1 atom stereocenters. The second-order valence-electron chi connectivity index (χ2n) is 9.80. The molecule has 1 unspecified atom stereocenters. The lowest BCUT2D eigenvalue weighted by Crippen LogP contribution is -2.47. The van der Waals surface area contributed by atoms with Gasteiger partial charge in [0, 0.05) is 37.0 Å². The summed E-state index contributed by atoms with van der Waals surface area (Å²) in [6.45, 7) is 12.6. The Morgan fingerprint density at radius 1 is 1.15 bits per heavy atom. The summed E-state index contributed by atoms with van der Waals surface area (Å²) in [5.41, 5.74) is 1.66. The van der Waals surface area contributed by atoms with Crippen molar-refractivity contribution in [1.82, 2.24) is 19.6 Å². The third-order valence-corrected chi connectivity index (χ3v) is 6.07. The first-order valence-electron chi connectivity index (χ1n) is 10.2. The van der Waals surface area contributed by atoms with E-state index in [0.29, 0.717) is 17.4 Å². The van der Waals surface area contributed by atoms with E-state index >= 15 is 0 Å². The number of piperidine rings is 1. The van der Waals surface area contributed by atoms with Crippen LogP contribution in [0.2, 0.25) is 0 Å². The average Bonchev–Trinajstić information content (AvgIpc) is 3.19. The Morgan fingerprint density at radius 3 is 2.78 bits per heavy atom. The van der Waals surface area contributed by atoms with Crippen LogP contribution in [-0.4, -0.2) is 58.2 Å². The number of aromatic nitrogens is 2. The van der Waals surface area contributed by atoms with Crippen LogP contribution < -0.4 is 0 Å². The van der Waals surface area contributed by atoms with Gasteiger partial charge in [-0.1, -0.05) is 39.0 Å². The summed E-state index contributed by atoms with van der Waals surface area (Å²) in [4.78, 5) is 17.6. The minimum absolute atomic E-state index is 0.202. The molecule has 1 amide bonds. The van der Waals surface area contributed by atoms with Gasteiger partial charge in [0.15, 0.2) is 0 Å². The number of hydrogen-bond donors (Lipinski definition) is 0. The van der Waals surface area contributed by atoms with Crippen molar-refractivity contribution >= 4 is 16.8 Å². The molecule has 2 aromatic rings. The van der Waals surface area contributed by atoms with Gasteiger partial charge in [-0.3, -0.25) is 9.48 Å². The first kappa shape index (κ1) is 18.5. The highest BCUT2D eigenvalue weighted by Gasteiger charge is 2.43. The maximum Gasteiger partial charge on any atom is 0.244 e. The lowest BCUT2D eigenvalue weighted by molar-refractivity contribution is -0.131. The largest absolute Gasteiger partial charge is 0.340 e. The van der Waals surface area contributed by atoms with Crippen molar-refractivity contribution in [2.24, 2.45) is 10.8 Å².